The van der Waals surface area contributed by atoms with Crippen molar-refractivity contribution in [1.29, 1.82) is 0 Å². The van der Waals surface area contributed by atoms with Crippen molar-refractivity contribution >= 4 is 11.8 Å². The second kappa shape index (κ2) is 6.57. The molecule has 3 N–H and O–H groups in total. The lowest BCUT2D eigenvalue weighted by Gasteiger charge is -2.36. The summed E-state index contributed by atoms with van der Waals surface area (Å²) in [5.41, 5.74) is -0.719. The first kappa shape index (κ1) is 15.3. The van der Waals surface area contributed by atoms with Crippen LogP contribution in [0.2, 0.25) is 0 Å². The number of rotatable bonds is 5. The van der Waals surface area contributed by atoms with E-state index in [1.165, 1.54) is 6.42 Å². The number of amides is 2. The van der Waals surface area contributed by atoms with Crippen LogP contribution in [0.15, 0.2) is 0 Å². The molecule has 2 amide bonds. The van der Waals surface area contributed by atoms with E-state index in [0.29, 0.717) is 0 Å². The van der Waals surface area contributed by atoms with E-state index in [4.69, 9.17) is 0 Å². The Kier molecular flexibility index (Phi) is 5.02. The molecule has 5 nitrogen and oxygen atoms in total. The molecule has 0 heterocycles. The maximum atomic E-state index is 12.0. The normalized spacial score (nSPS) is 23.5. The SMILES string of the molecule is CC(NC(=O)C1CCCCC1)C(=O)NCC1(O)CCC1. The van der Waals surface area contributed by atoms with Crippen molar-refractivity contribution in [2.45, 2.75) is 69.9 Å². The van der Waals surface area contributed by atoms with Crippen molar-refractivity contribution in [3.63, 3.8) is 0 Å². The van der Waals surface area contributed by atoms with Crippen LogP contribution >= 0.6 is 0 Å². The number of hydrogen-bond donors (Lipinski definition) is 3. The summed E-state index contributed by atoms with van der Waals surface area (Å²) in [6, 6.07) is -0.534. The molecule has 2 rings (SSSR count). The molecule has 0 aromatic rings. The zero-order valence-corrected chi connectivity index (χ0v) is 12.3. The Morgan fingerprint density at radius 2 is 1.85 bits per heavy atom. The highest BCUT2D eigenvalue weighted by Crippen LogP contribution is 2.30. The maximum Gasteiger partial charge on any atom is 0.242 e. The van der Waals surface area contributed by atoms with Gasteiger partial charge in [-0.05, 0) is 39.0 Å². The smallest absolute Gasteiger partial charge is 0.242 e. The van der Waals surface area contributed by atoms with E-state index < -0.39 is 11.6 Å². The van der Waals surface area contributed by atoms with E-state index in [9.17, 15) is 14.7 Å². The third kappa shape index (κ3) is 3.95. The summed E-state index contributed by atoms with van der Waals surface area (Å²) in [6.45, 7) is 1.98. The average molecular weight is 282 g/mol. The molecule has 5 heteroatoms. The van der Waals surface area contributed by atoms with Crippen LogP contribution in [0.5, 0.6) is 0 Å². The van der Waals surface area contributed by atoms with Gasteiger partial charge in [0, 0.05) is 12.5 Å². The van der Waals surface area contributed by atoms with Gasteiger partial charge in [-0.1, -0.05) is 19.3 Å². The fourth-order valence-corrected chi connectivity index (χ4v) is 2.93. The van der Waals surface area contributed by atoms with Crippen molar-refractivity contribution in [3.8, 4) is 0 Å². The lowest BCUT2D eigenvalue weighted by Crippen LogP contribution is -2.53. The highest BCUT2D eigenvalue weighted by atomic mass is 16.3. The van der Waals surface area contributed by atoms with Crippen molar-refractivity contribution in [2.24, 2.45) is 5.92 Å². The van der Waals surface area contributed by atoms with Gasteiger partial charge in [0.1, 0.15) is 6.04 Å². The Hall–Kier alpha value is -1.10. The third-order valence-electron chi connectivity index (χ3n) is 4.60. The summed E-state index contributed by atoms with van der Waals surface area (Å²) in [6.07, 6.45) is 7.78. The van der Waals surface area contributed by atoms with Gasteiger partial charge in [0.15, 0.2) is 0 Å². The lowest BCUT2D eigenvalue weighted by atomic mass is 9.80. The monoisotopic (exact) mass is 282 g/mol. The summed E-state index contributed by atoms with van der Waals surface area (Å²) < 4.78 is 0. The molecule has 1 unspecified atom stereocenters. The summed E-state index contributed by atoms with van der Waals surface area (Å²) in [5.74, 6) is -0.154. The van der Waals surface area contributed by atoms with Crippen LogP contribution in [0.1, 0.15) is 58.3 Å². The second-order valence-electron chi connectivity index (χ2n) is 6.36. The van der Waals surface area contributed by atoms with Crippen LogP contribution in [-0.2, 0) is 9.59 Å². The topological polar surface area (TPSA) is 78.4 Å². The van der Waals surface area contributed by atoms with Gasteiger partial charge in [0.2, 0.25) is 11.8 Å². The first-order valence-corrected chi connectivity index (χ1v) is 7.81. The highest BCUT2D eigenvalue weighted by molar-refractivity contribution is 5.88. The minimum Gasteiger partial charge on any atom is -0.388 e. The van der Waals surface area contributed by atoms with Crippen LogP contribution in [0.25, 0.3) is 0 Å². The molecule has 2 saturated carbocycles. The van der Waals surface area contributed by atoms with Crippen LogP contribution < -0.4 is 10.6 Å². The fourth-order valence-electron chi connectivity index (χ4n) is 2.93. The van der Waals surface area contributed by atoms with Gasteiger partial charge in [-0.2, -0.15) is 0 Å². The zero-order valence-electron chi connectivity index (χ0n) is 12.3. The number of nitrogens with one attached hydrogen (secondary N) is 2. The number of carbonyl (C=O) groups is 2. The van der Waals surface area contributed by atoms with Crippen molar-refractivity contribution in [1.82, 2.24) is 10.6 Å². The fraction of sp³-hybridized carbons (Fsp3) is 0.867. The summed E-state index contributed by atoms with van der Waals surface area (Å²) in [5, 5.41) is 15.4. The van der Waals surface area contributed by atoms with Crippen LogP contribution in [0.3, 0.4) is 0 Å². The first-order valence-electron chi connectivity index (χ1n) is 7.81. The Balaban J connectivity index is 1.71. The molecule has 1 atom stereocenters. The van der Waals surface area contributed by atoms with E-state index in [2.05, 4.69) is 10.6 Å². The van der Waals surface area contributed by atoms with Crippen molar-refractivity contribution < 1.29 is 14.7 Å². The van der Waals surface area contributed by atoms with E-state index in [0.717, 1.165) is 44.9 Å². The van der Waals surface area contributed by atoms with Gasteiger partial charge in [-0.25, -0.2) is 0 Å². The molecule has 2 aliphatic rings. The maximum absolute atomic E-state index is 12.0. The van der Waals surface area contributed by atoms with Gasteiger partial charge in [0.25, 0.3) is 0 Å². The van der Waals surface area contributed by atoms with Crippen LogP contribution in [0.4, 0.5) is 0 Å². The lowest BCUT2D eigenvalue weighted by molar-refractivity contribution is -0.132. The molecule has 2 aliphatic carbocycles. The van der Waals surface area contributed by atoms with Gasteiger partial charge < -0.3 is 15.7 Å². The molecule has 0 aromatic heterocycles. The largest absolute Gasteiger partial charge is 0.388 e. The molecular formula is C15H26N2O3. The Morgan fingerprint density at radius 3 is 2.40 bits per heavy atom. The second-order valence-corrected chi connectivity index (χ2v) is 6.36. The molecule has 0 aromatic carbocycles. The average Bonchev–Trinajstić information content (AvgIpc) is 2.43. The molecule has 0 bridgehead atoms. The van der Waals surface area contributed by atoms with Crippen molar-refractivity contribution in [2.75, 3.05) is 6.54 Å². The number of hydrogen-bond acceptors (Lipinski definition) is 3. The number of carbonyl (C=O) groups excluding carboxylic acids is 2. The predicted octanol–water partition coefficient (Wildman–Crippen LogP) is 1.10. The summed E-state index contributed by atoms with van der Waals surface area (Å²) in [7, 11) is 0. The van der Waals surface area contributed by atoms with Crippen molar-refractivity contribution in [3.05, 3.63) is 0 Å². The van der Waals surface area contributed by atoms with E-state index in [1.54, 1.807) is 6.92 Å². The minimum atomic E-state index is -0.719. The molecule has 0 radical (unpaired) electrons. The highest BCUT2D eigenvalue weighted by Gasteiger charge is 2.35. The molecule has 0 spiro atoms. The van der Waals surface area contributed by atoms with E-state index in [1.807, 2.05) is 0 Å². The molecule has 2 fully saturated rings. The molecule has 114 valence electrons. The van der Waals surface area contributed by atoms with E-state index >= 15 is 0 Å². The summed E-state index contributed by atoms with van der Waals surface area (Å²) in [4.78, 5) is 24.0. The first-order chi connectivity index (χ1) is 9.50. The number of aliphatic hydroxyl groups is 1. The molecular weight excluding hydrogens is 256 g/mol. The predicted molar refractivity (Wildman–Crippen MR) is 76.0 cm³/mol. The Labute approximate surface area is 120 Å². The molecule has 0 aliphatic heterocycles. The van der Waals surface area contributed by atoms with Gasteiger partial charge in [-0.3, -0.25) is 9.59 Å². The van der Waals surface area contributed by atoms with E-state index in [-0.39, 0.29) is 24.3 Å². The summed E-state index contributed by atoms with van der Waals surface area (Å²) >= 11 is 0. The van der Waals surface area contributed by atoms with Gasteiger partial charge in [-0.15, -0.1) is 0 Å². The molecule has 20 heavy (non-hydrogen) atoms. The van der Waals surface area contributed by atoms with Gasteiger partial charge in [0.05, 0.1) is 5.60 Å². The quantitative estimate of drug-likeness (QED) is 0.706. The third-order valence-corrected chi connectivity index (χ3v) is 4.60. The minimum absolute atomic E-state index is 0.00490. The Morgan fingerprint density at radius 1 is 1.20 bits per heavy atom. The Bertz CT molecular complexity index is 360. The molecule has 0 saturated heterocycles. The standard InChI is InChI=1S/C15H26N2O3/c1-11(13(18)16-10-15(20)8-5-9-15)17-14(19)12-6-3-2-4-7-12/h11-12,20H,2-10H2,1H3,(H,16,18)(H,17,19). The zero-order chi connectivity index (χ0) is 14.6. The van der Waals surface area contributed by atoms with Crippen LogP contribution in [-0.4, -0.2) is 35.1 Å². The van der Waals surface area contributed by atoms with Crippen LogP contribution in [0, 0.1) is 5.92 Å². The van der Waals surface area contributed by atoms with Gasteiger partial charge >= 0.3 is 0 Å².